The fourth-order valence-electron chi connectivity index (χ4n) is 1.59. The molecule has 0 N–H and O–H groups in total. The predicted molar refractivity (Wildman–Crippen MR) is 43.3 cm³/mol. The molecule has 1 aliphatic rings. The third kappa shape index (κ3) is 1.11. The third-order valence-electron chi connectivity index (χ3n) is 2.18. The van der Waals surface area contributed by atoms with Crippen molar-refractivity contribution in [1.82, 2.24) is 0 Å². The van der Waals surface area contributed by atoms with Crippen LogP contribution in [0.2, 0.25) is 0 Å². The molecule has 0 spiro atoms. The summed E-state index contributed by atoms with van der Waals surface area (Å²) in [4.78, 5) is 0. The van der Waals surface area contributed by atoms with E-state index < -0.39 is 11.6 Å². The molecule has 0 radical (unpaired) electrons. The van der Waals surface area contributed by atoms with Crippen LogP contribution in [0.3, 0.4) is 0 Å². The number of hydrogen-bond acceptors (Lipinski definition) is 0. The first kappa shape index (κ1) is 7.99. The number of benzene rings is 1. The number of rotatable bonds is 0. The van der Waals surface area contributed by atoms with E-state index in [0.29, 0.717) is 24.0 Å². The Hall–Kier alpha value is -0.630. The lowest BCUT2D eigenvalue weighted by atomic mass is 10.1. The summed E-state index contributed by atoms with van der Waals surface area (Å²) in [6.45, 7) is 0. The Morgan fingerprint density at radius 1 is 1.33 bits per heavy atom. The van der Waals surface area contributed by atoms with E-state index in [4.69, 9.17) is 11.6 Å². The van der Waals surface area contributed by atoms with E-state index >= 15 is 0 Å². The molecule has 0 saturated carbocycles. The van der Waals surface area contributed by atoms with Gasteiger partial charge in [0.05, 0.1) is 5.38 Å². The zero-order valence-electron chi connectivity index (χ0n) is 6.28. The van der Waals surface area contributed by atoms with Crippen molar-refractivity contribution < 1.29 is 8.78 Å². The van der Waals surface area contributed by atoms with Gasteiger partial charge in [0.1, 0.15) is 11.6 Å². The van der Waals surface area contributed by atoms with Crippen LogP contribution in [-0.2, 0) is 6.42 Å². The van der Waals surface area contributed by atoms with Crippen molar-refractivity contribution in [1.29, 1.82) is 0 Å². The normalized spacial score (nSPS) is 21.1. The Balaban J connectivity index is 2.60. The van der Waals surface area contributed by atoms with E-state index in [0.717, 1.165) is 6.07 Å². The molecule has 0 fully saturated rings. The van der Waals surface area contributed by atoms with Gasteiger partial charge < -0.3 is 0 Å². The zero-order chi connectivity index (χ0) is 8.72. The molecule has 1 aromatic rings. The standard InChI is InChI=1S/C9H7ClF2/c10-8-2-1-6-7(8)3-5(11)4-9(6)12/h3-4,8H,1-2H2/t8-/m1/s1. The summed E-state index contributed by atoms with van der Waals surface area (Å²) in [6, 6.07) is 2.23. The van der Waals surface area contributed by atoms with Crippen LogP contribution in [0.25, 0.3) is 0 Å². The largest absolute Gasteiger partial charge is 0.207 e. The highest BCUT2D eigenvalue weighted by Gasteiger charge is 2.23. The van der Waals surface area contributed by atoms with E-state index in [1.165, 1.54) is 6.07 Å². The van der Waals surface area contributed by atoms with Gasteiger partial charge in [-0.2, -0.15) is 0 Å². The SMILES string of the molecule is Fc1cc(F)c2c(c1)[C@H](Cl)CC2. The average molecular weight is 189 g/mol. The molecule has 12 heavy (non-hydrogen) atoms. The fourth-order valence-corrected chi connectivity index (χ4v) is 1.90. The van der Waals surface area contributed by atoms with Gasteiger partial charge in [-0.25, -0.2) is 8.78 Å². The maximum atomic E-state index is 13.0. The Morgan fingerprint density at radius 2 is 2.08 bits per heavy atom. The molecule has 0 aromatic heterocycles. The summed E-state index contributed by atoms with van der Waals surface area (Å²) in [5.74, 6) is -1.01. The number of fused-ring (bicyclic) bond motifs is 1. The van der Waals surface area contributed by atoms with Crippen LogP contribution in [0.15, 0.2) is 12.1 Å². The molecule has 2 rings (SSSR count). The van der Waals surface area contributed by atoms with Gasteiger partial charge in [-0.1, -0.05) is 0 Å². The third-order valence-corrected chi connectivity index (χ3v) is 2.63. The van der Waals surface area contributed by atoms with Crippen molar-refractivity contribution in [3.05, 3.63) is 34.9 Å². The van der Waals surface area contributed by atoms with Gasteiger partial charge in [0.2, 0.25) is 0 Å². The lowest BCUT2D eigenvalue weighted by molar-refractivity contribution is 0.574. The van der Waals surface area contributed by atoms with Crippen LogP contribution >= 0.6 is 11.6 Å². The molecule has 0 bridgehead atoms. The van der Waals surface area contributed by atoms with Gasteiger partial charge in [-0.3, -0.25) is 0 Å². The Labute approximate surface area is 74.2 Å². The van der Waals surface area contributed by atoms with Gasteiger partial charge >= 0.3 is 0 Å². The van der Waals surface area contributed by atoms with E-state index in [1.807, 2.05) is 0 Å². The predicted octanol–water partition coefficient (Wildman–Crippen LogP) is 3.19. The first-order valence-electron chi connectivity index (χ1n) is 3.80. The minimum atomic E-state index is -0.543. The van der Waals surface area contributed by atoms with Crippen molar-refractivity contribution >= 4 is 11.6 Å². The molecular weight excluding hydrogens is 182 g/mol. The summed E-state index contributed by atoms with van der Waals surface area (Å²) in [5.41, 5.74) is 1.20. The quantitative estimate of drug-likeness (QED) is 0.549. The topological polar surface area (TPSA) is 0 Å². The minimum Gasteiger partial charge on any atom is -0.207 e. The highest BCUT2D eigenvalue weighted by Crippen LogP contribution is 2.37. The van der Waals surface area contributed by atoms with Crippen LogP contribution in [-0.4, -0.2) is 0 Å². The molecule has 0 amide bonds. The molecule has 64 valence electrons. The molecular formula is C9H7ClF2. The van der Waals surface area contributed by atoms with Crippen LogP contribution < -0.4 is 0 Å². The second-order valence-electron chi connectivity index (χ2n) is 2.96. The van der Waals surface area contributed by atoms with Gasteiger partial charge in [-0.15, -0.1) is 11.6 Å². The highest BCUT2D eigenvalue weighted by atomic mass is 35.5. The minimum absolute atomic E-state index is 0.217. The van der Waals surface area contributed by atoms with E-state index in [1.54, 1.807) is 0 Å². The van der Waals surface area contributed by atoms with Crippen molar-refractivity contribution in [2.45, 2.75) is 18.2 Å². The summed E-state index contributed by atoms with van der Waals surface area (Å²) in [5, 5.41) is -0.217. The van der Waals surface area contributed by atoms with Gasteiger partial charge in [0, 0.05) is 6.07 Å². The first-order chi connectivity index (χ1) is 5.68. The molecule has 0 nitrogen and oxygen atoms in total. The van der Waals surface area contributed by atoms with E-state index in [9.17, 15) is 8.78 Å². The molecule has 0 heterocycles. The van der Waals surface area contributed by atoms with Crippen LogP contribution in [0, 0.1) is 11.6 Å². The van der Waals surface area contributed by atoms with Crippen LogP contribution in [0.5, 0.6) is 0 Å². The average Bonchev–Trinajstić information content (AvgIpc) is 2.33. The van der Waals surface area contributed by atoms with Gasteiger partial charge in [0.25, 0.3) is 0 Å². The number of hydrogen-bond donors (Lipinski definition) is 0. The van der Waals surface area contributed by atoms with Gasteiger partial charge in [-0.05, 0) is 30.0 Å². The van der Waals surface area contributed by atoms with Crippen molar-refractivity contribution in [3.8, 4) is 0 Å². The summed E-state index contributed by atoms with van der Waals surface area (Å²) in [7, 11) is 0. The summed E-state index contributed by atoms with van der Waals surface area (Å²) in [6.07, 6.45) is 1.33. The summed E-state index contributed by atoms with van der Waals surface area (Å²) < 4.78 is 25.7. The molecule has 0 aliphatic heterocycles. The fraction of sp³-hybridized carbons (Fsp3) is 0.333. The smallest absolute Gasteiger partial charge is 0.129 e. The molecule has 3 heteroatoms. The van der Waals surface area contributed by atoms with Crippen molar-refractivity contribution in [2.75, 3.05) is 0 Å². The summed E-state index contributed by atoms with van der Waals surface area (Å²) >= 11 is 5.85. The number of alkyl halides is 1. The Kier molecular flexibility index (Phi) is 1.80. The first-order valence-corrected chi connectivity index (χ1v) is 4.24. The Morgan fingerprint density at radius 3 is 2.83 bits per heavy atom. The molecule has 1 atom stereocenters. The van der Waals surface area contributed by atoms with Crippen molar-refractivity contribution in [2.24, 2.45) is 0 Å². The maximum absolute atomic E-state index is 13.0. The van der Waals surface area contributed by atoms with Crippen LogP contribution in [0.4, 0.5) is 8.78 Å². The van der Waals surface area contributed by atoms with Crippen LogP contribution in [0.1, 0.15) is 22.9 Å². The van der Waals surface area contributed by atoms with E-state index in [-0.39, 0.29) is 5.38 Å². The lowest BCUT2D eigenvalue weighted by Gasteiger charge is -2.02. The second kappa shape index (κ2) is 2.70. The second-order valence-corrected chi connectivity index (χ2v) is 3.49. The molecule has 1 aromatic carbocycles. The molecule has 0 saturated heterocycles. The molecule has 1 aliphatic carbocycles. The van der Waals surface area contributed by atoms with Gasteiger partial charge in [0.15, 0.2) is 0 Å². The highest BCUT2D eigenvalue weighted by molar-refractivity contribution is 6.21. The monoisotopic (exact) mass is 188 g/mol. The maximum Gasteiger partial charge on any atom is 0.129 e. The molecule has 0 unspecified atom stereocenters. The number of halogens is 3. The van der Waals surface area contributed by atoms with E-state index in [2.05, 4.69) is 0 Å². The zero-order valence-corrected chi connectivity index (χ0v) is 7.04. The Bertz CT molecular complexity index is 323. The van der Waals surface area contributed by atoms with Crippen molar-refractivity contribution in [3.63, 3.8) is 0 Å². The lowest BCUT2D eigenvalue weighted by Crippen LogP contribution is -1.91.